The van der Waals surface area contributed by atoms with Gasteiger partial charge in [-0.1, -0.05) is 18.2 Å². The number of benzene rings is 1. The normalized spacial score (nSPS) is 10.9. The minimum absolute atomic E-state index is 0.301. The summed E-state index contributed by atoms with van der Waals surface area (Å²) in [5.41, 5.74) is 1.99. The topological polar surface area (TPSA) is 82.5 Å². The lowest BCUT2D eigenvalue weighted by atomic mass is 10.1. The molecular weight excluding hydrogens is 244 g/mol. The van der Waals surface area contributed by atoms with Gasteiger partial charge in [-0.05, 0) is 19.1 Å². The number of aliphatic hydroxyl groups is 2. The van der Waals surface area contributed by atoms with Gasteiger partial charge in [0.25, 0.3) is 5.91 Å². The molecule has 0 saturated carbocycles. The molecule has 0 bridgehead atoms. The lowest BCUT2D eigenvalue weighted by Gasteiger charge is -2.14. The summed E-state index contributed by atoms with van der Waals surface area (Å²) in [7, 11) is 0. The summed E-state index contributed by atoms with van der Waals surface area (Å²) in [6.45, 7) is 1.22. The lowest BCUT2D eigenvalue weighted by Crippen LogP contribution is -2.40. The zero-order valence-electron chi connectivity index (χ0n) is 10.6. The molecule has 0 atom stereocenters. The summed E-state index contributed by atoms with van der Waals surface area (Å²) in [6.07, 6.45) is 0. The largest absolute Gasteiger partial charge is 0.394 e. The molecule has 1 amide bonds. The van der Waals surface area contributed by atoms with Crippen LogP contribution in [0.25, 0.3) is 10.9 Å². The van der Waals surface area contributed by atoms with Crippen LogP contribution >= 0.6 is 0 Å². The number of amides is 1. The fourth-order valence-electron chi connectivity index (χ4n) is 1.91. The smallest absolute Gasteiger partial charge is 0.252 e. The van der Waals surface area contributed by atoms with Crippen LogP contribution in [0.3, 0.4) is 0 Å². The quantitative estimate of drug-likeness (QED) is 0.753. The van der Waals surface area contributed by atoms with Gasteiger partial charge in [0.05, 0.1) is 30.3 Å². The number of aliphatic hydroxyl groups excluding tert-OH is 2. The maximum atomic E-state index is 12.2. The highest BCUT2D eigenvalue weighted by atomic mass is 16.3. The third-order valence-electron chi connectivity index (χ3n) is 2.86. The lowest BCUT2D eigenvalue weighted by molar-refractivity contribution is 0.0881. The summed E-state index contributed by atoms with van der Waals surface area (Å²) in [6, 6.07) is 8.41. The van der Waals surface area contributed by atoms with E-state index in [1.165, 1.54) is 0 Å². The minimum atomic E-state index is -0.653. The predicted molar refractivity (Wildman–Crippen MR) is 71.9 cm³/mol. The van der Waals surface area contributed by atoms with Gasteiger partial charge in [-0.2, -0.15) is 0 Å². The van der Waals surface area contributed by atoms with Crippen molar-refractivity contribution in [3.05, 3.63) is 41.6 Å². The van der Waals surface area contributed by atoms with Crippen molar-refractivity contribution in [2.45, 2.75) is 13.0 Å². The van der Waals surface area contributed by atoms with Crippen LogP contribution in [0.5, 0.6) is 0 Å². The zero-order chi connectivity index (χ0) is 13.8. The van der Waals surface area contributed by atoms with Crippen molar-refractivity contribution in [1.82, 2.24) is 10.3 Å². The summed E-state index contributed by atoms with van der Waals surface area (Å²) in [5.74, 6) is -0.324. The number of carbonyl (C=O) groups excluding carboxylic acids is 1. The average Bonchev–Trinajstić information content (AvgIpc) is 2.43. The van der Waals surface area contributed by atoms with E-state index in [4.69, 9.17) is 10.2 Å². The molecule has 5 nitrogen and oxygen atoms in total. The van der Waals surface area contributed by atoms with Crippen LogP contribution in [-0.4, -0.2) is 40.4 Å². The highest BCUT2D eigenvalue weighted by Gasteiger charge is 2.15. The molecule has 2 rings (SSSR count). The number of aryl methyl sites for hydroxylation is 1. The van der Waals surface area contributed by atoms with Gasteiger partial charge in [0, 0.05) is 11.1 Å². The molecule has 0 aliphatic heterocycles. The number of hydrogen-bond acceptors (Lipinski definition) is 4. The van der Waals surface area contributed by atoms with Crippen LogP contribution in [-0.2, 0) is 0 Å². The van der Waals surface area contributed by atoms with E-state index in [9.17, 15) is 4.79 Å². The fourth-order valence-corrected chi connectivity index (χ4v) is 1.91. The molecule has 1 aromatic carbocycles. The Bertz CT molecular complexity index is 594. The Kier molecular flexibility index (Phi) is 4.09. The summed E-state index contributed by atoms with van der Waals surface area (Å²) < 4.78 is 0. The van der Waals surface area contributed by atoms with Crippen LogP contribution in [0.15, 0.2) is 30.3 Å². The molecule has 100 valence electrons. The molecule has 2 aromatic rings. The van der Waals surface area contributed by atoms with E-state index in [0.717, 1.165) is 16.6 Å². The fraction of sp³-hybridized carbons (Fsp3) is 0.286. The van der Waals surface area contributed by atoms with E-state index in [0.29, 0.717) is 5.56 Å². The number of nitrogens with one attached hydrogen (secondary N) is 1. The predicted octanol–water partition coefficient (Wildman–Crippen LogP) is 0.626. The van der Waals surface area contributed by atoms with Crippen LogP contribution < -0.4 is 5.32 Å². The van der Waals surface area contributed by atoms with Gasteiger partial charge in [0.15, 0.2) is 0 Å². The first-order valence-corrected chi connectivity index (χ1v) is 6.04. The molecule has 0 spiro atoms. The third-order valence-corrected chi connectivity index (χ3v) is 2.86. The van der Waals surface area contributed by atoms with Crippen LogP contribution in [0.2, 0.25) is 0 Å². The Morgan fingerprint density at radius 2 is 2.00 bits per heavy atom. The van der Waals surface area contributed by atoms with Crippen LogP contribution in [0.1, 0.15) is 16.1 Å². The Morgan fingerprint density at radius 1 is 1.32 bits per heavy atom. The molecule has 5 heteroatoms. The summed E-state index contributed by atoms with van der Waals surface area (Å²) in [4.78, 5) is 16.5. The number of rotatable bonds is 4. The second-order valence-corrected chi connectivity index (χ2v) is 4.36. The molecule has 1 heterocycles. The van der Waals surface area contributed by atoms with Gasteiger partial charge >= 0.3 is 0 Å². The molecule has 0 radical (unpaired) electrons. The summed E-state index contributed by atoms with van der Waals surface area (Å²) in [5, 5.41) is 21.3. The molecule has 0 aliphatic carbocycles. The molecule has 1 aromatic heterocycles. The van der Waals surface area contributed by atoms with Crippen molar-refractivity contribution in [3.8, 4) is 0 Å². The van der Waals surface area contributed by atoms with Gasteiger partial charge in [-0.15, -0.1) is 0 Å². The maximum absolute atomic E-state index is 12.2. The van der Waals surface area contributed by atoms with E-state index in [-0.39, 0.29) is 19.1 Å². The SMILES string of the molecule is Cc1cc(C(=O)NC(CO)CO)c2ccccc2n1. The van der Waals surface area contributed by atoms with Crippen molar-refractivity contribution in [3.63, 3.8) is 0 Å². The standard InChI is InChI=1S/C14H16N2O3/c1-9-6-12(14(19)16-10(7-17)8-18)11-4-2-3-5-13(11)15-9/h2-6,10,17-18H,7-8H2,1H3,(H,16,19). The molecule has 3 N–H and O–H groups in total. The van der Waals surface area contributed by atoms with Gasteiger partial charge in [-0.3, -0.25) is 9.78 Å². The zero-order valence-corrected chi connectivity index (χ0v) is 10.6. The first-order chi connectivity index (χ1) is 9.15. The van der Waals surface area contributed by atoms with Gasteiger partial charge in [0.2, 0.25) is 0 Å². The molecule has 0 saturated heterocycles. The monoisotopic (exact) mass is 260 g/mol. The molecule has 0 fully saturated rings. The first-order valence-electron chi connectivity index (χ1n) is 6.04. The van der Waals surface area contributed by atoms with Crippen molar-refractivity contribution < 1.29 is 15.0 Å². The Hall–Kier alpha value is -1.98. The van der Waals surface area contributed by atoms with E-state index < -0.39 is 6.04 Å². The molecule has 0 unspecified atom stereocenters. The number of pyridine rings is 1. The number of hydrogen-bond donors (Lipinski definition) is 3. The number of carbonyl (C=O) groups is 1. The van der Waals surface area contributed by atoms with E-state index >= 15 is 0 Å². The van der Waals surface area contributed by atoms with E-state index in [1.54, 1.807) is 6.07 Å². The minimum Gasteiger partial charge on any atom is -0.394 e. The Labute approximate surface area is 110 Å². The van der Waals surface area contributed by atoms with Crippen LogP contribution in [0, 0.1) is 6.92 Å². The molecular formula is C14H16N2O3. The molecule has 0 aliphatic rings. The van der Waals surface area contributed by atoms with Gasteiger partial charge in [0.1, 0.15) is 0 Å². The van der Waals surface area contributed by atoms with E-state index in [1.807, 2.05) is 31.2 Å². The highest BCUT2D eigenvalue weighted by molar-refractivity contribution is 6.06. The van der Waals surface area contributed by atoms with Gasteiger partial charge in [-0.25, -0.2) is 0 Å². The van der Waals surface area contributed by atoms with Crippen molar-refractivity contribution in [2.24, 2.45) is 0 Å². The first kappa shape index (κ1) is 13.5. The van der Waals surface area contributed by atoms with Crippen molar-refractivity contribution in [1.29, 1.82) is 0 Å². The summed E-state index contributed by atoms with van der Waals surface area (Å²) >= 11 is 0. The Balaban J connectivity index is 2.41. The van der Waals surface area contributed by atoms with Crippen molar-refractivity contribution in [2.75, 3.05) is 13.2 Å². The number of fused-ring (bicyclic) bond motifs is 1. The van der Waals surface area contributed by atoms with Crippen molar-refractivity contribution >= 4 is 16.8 Å². The molecule has 19 heavy (non-hydrogen) atoms. The van der Waals surface area contributed by atoms with Gasteiger partial charge < -0.3 is 15.5 Å². The number of nitrogens with zero attached hydrogens (tertiary/aromatic N) is 1. The Morgan fingerprint density at radius 3 is 2.68 bits per heavy atom. The number of para-hydroxylation sites is 1. The maximum Gasteiger partial charge on any atom is 0.252 e. The second kappa shape index (κ2) is 5.77. The highest BCUT2D eigenvalue weighted by Crippen LogP contribution is 2.18. The van der Waals surface area contributed by atoms with Crippen LogP contribution in [0.4, 0.5) is 0 Å². The van der Waals surface area contributed by atoms with E-state index in [2.05, 4.69) is 10.3 Å². The number of aromatic nitrogens is 1. The third kappa shape index (κ3) is 2.89. The second-order valence-electron chi connectivity index (χ2n) is 4.36. The average molecular weight is 260 g/mol.